The Hall–Kier alpha value is -2.93. The summed E-state index contributed by atoms with van der Waals surface area (Å²) in [6.45, 7) is 4.86. The minimum absolute atomic E-state index is 0.159. The van der Waals surface area contributed by atoms with Crippen molar-refractivity contribution in [3.05, 3.63) is 53.4 Å². The van der Waals surface area contributed by atoms with Crippen LogP contribution < -0.4 is 0 Å². The van der Waals surface area contributed by atoms with Crippen molar-refractivity contribution in [1.82, 2.24) is 9.80 Å². The quantitative estimate of drug-likeness (QED) is 0.642. The van der Waals surface area contributed by atoms with Gasteiger partial charge in [0.15, 0.2) is 5.11 Å². The zero-order valence-corrected chi connectivity index (χ0v) is 15.2. The van der Waals surface area contributed by atoms with E-state index in [2.05, 4.69) is 0 Å². The lowest BCUT2D eigenvalue weighted by Crippen LogP contribution is -2.32. The predicted octanol–water partition coefficient (Wildman–Crippen LogP) is 3.45. The van der Waals surface area contributed by atoms with E-state index in [9.17, 15) is 14.7 Å². The number of hydrogen-bond donors (Lipinski definition) is 1. The van der Waals surface area contributed by atoms with Crippen molar-refractivity contribution < 1.29 is 19.1 Å². The first-order valence-electron chi connectivity index (χ1n) is 8.25. The second-order valence-electron chi connectivity index (χ2n) is 5.66. The van der Waals surface area contributed by atoms with Crippen LogP contribution in [0.4, 0.5) is 0 Å². The van der Waals surface area contributed by atoms with Gasteiger partial charge in [-0.2, -0.15) is 0 Å². The van der Waals surface area contributed by atoms with Gasteiger partial charge in [0.1, 0.15) is 17.2 Å². The minimum atomic E-state index is -1.02. The molecule has 0 spiro atoms. The van der Waals surface area contributed by atoms with Crippen molar-refractivity contribution in [2.24, 2.45) is 0 Å². The zero-order valence-electron chi connectivity index (χ0n) is 14.4. The number of carboxylic acid groups (broad SMARTS) is 1. The molecule has 1 aromatic heterocycles. The van der Waals surface area contributed by atoms with Crippen LogP contribution in [0.2, 0.25) is 0 Å². The highest BCUT2D eigenvalue weighted by molar-refractivity contribution is 7.80. The third-order valence-corrected chi connectivity index (χ3v) is 4.62. The van der Waals surface area contributed by atoms with Crippen molar-refractivity contribution >= 4 is 35.3 Å². The molecule has 3 rings (SSSR count). The van der Waals surface area contributed by atoms with Gasteiger partial charge in [-0.1, -0.05) is 18.2 Å². The SMILES string of the molecule is CCN1C(=O)/C(=C\c2ccc(-c3ccccc3C(=O)O)o2)N(CC)C1=S. The normalized spacial score (nSPS) is 16.0. The summed E-state index contributed by atoms with van der Waals surface area (Å²) in [5.41, 5.74) is 1.10. The number of amides is 1. The van der Waals surface area contributed by atoms with Gasteiger partial charge < -0.3 is 14.4 Å². The lowest BCUT2D eigenvalue weighted by molar-refractivity contribution is -0.122. The van der Waals surface area contributed by atoms with E-state index in [0.717, 1.165) is 0 Å². The standard InChI is InChI=1S/C19H18N2O4S/c1-3-20-15(17(22)21(4-2)19(20)26)11-12-9-10-16(25-12)13-7-5-6-8-14(13)18(23)24/h5-11H,3-4H2,1-2H3,(H,23,24)/b15-11+. The summed E-state index contributed by atoms with van der Waals surface area (Å²) >= 11 is 5.35. The van der Waals surface area contributed by atoms with E-state index in [1.165, 1.54) is 11.0 Å². The topological polar surface area (TPSA) is 74.0 Å². The average Bonchev–Trinajstić information content (AvgIpc) is 3.18. The van der Waals surface area contributed by atoms with Gasteiger partial charge in [-0.05, 0) is 44.3 Å². The number of aromatic carboxylic acids is 1. The number of hydrogen-bond acceptors (Lipinski definition) is 4. The van der Waals surface area contributed by atoms with Crippen LogP contribution in [0.3, 0.4) is 0 Å². The molecule has 6 nitrogen and oxygen atoms in total. The maximum atomic E-state index is 12.5. The van der Waals surface area contributed by atoms with Gasteiger partial charge in [-0.3, -0.25) is 9.69 Å². The van der Waals surface area contributed by atoms with Gasteiger partial charge in [-0.25, -0.2) is 4.79 Å². The first-order valence-corrected chi connectivity index (χ1v) is 8.66. The molecule has 1 aliphatic heterocycles. The molecule has 134 valence electrons. The smallest absolute Gasteiger partial charge is 0.336 e. The number of likely N-dealkylation sites (N-methyl/N-ethyl adjacent to an activating group) is 2. The van der Waals surface area contributed by atoms with E-state index in [0.29, 0.717) is 41.0 Å². The second-order valence-corrected chi connectivity index (χ2v) is 6.02. The Balaban J connectivity index is 1.99. The molecule has 2 aromatic rings. The van der Waals surface area contributed by atoms with Crippen LogP contribution in [0.15, 0.2) is 46.5 Å². The molecule has 0 aliphatic carbocycles. The van der Waals surface area contributed by atoms with Crippen molar-refractivity contribution in [3.63, 3.8) is 0 Å². The lowest BCUT2D eigenvalue weighted by Gasteiger charge is -2.16. The Morgan fingerprint density at radius 2 is 1.85 bits per heavy atom. The van der Waals surface area contributed by atoms with Crippen molar-refractivity contribution in [3.8, 4) is 11.3 Å². The number of nitrogens with zero attached hydrogens (tertiary/aromatic N) is 2. The number of rotatable bonds is 5. The molecule has 1 aliphatic rings. The number of benzene rings is 1. The molecule has 7 heteroatoms. The fourth-order valence-corrected chi connectivity index (χ4v) is 3.35. The van der Waals surface area contributed by atoms with Crippen molar-refractivity contribution in [2.45, 2.75) is 13.8 Å². The third kappa shape index (κ3) is 3.01. The molecule has 1 amide bonds. The molecule has 2 heterocycles. The van der Waals surface area contributed by atoms with Crippen LogP contribution >= 0.6 is 12.2 Å². The zero-order chi connectivity index (χ0) is 18.8. The number of thiocarbonyl (C=S) groups is 1. The fraction of sp³-hybridized carbons (Fsp3) is 0.211. The van der Waals surface area contributed by atoms with E-state index >= 15 is 0 Å². The molecule has 26 heavy (non-hydrogen) atoms. The van der Waals surface area contributed by atoms with E-state index in [1.54, 1.807) is 41.3 Å². The molecular weight excluding hydrogens is 352 g/mol. The number of furan rings is 1. The Kier molecular flexibility index (Phi) is 4.90. The van der Waals surface area contributed by atoms with Crippen LogP contribution in [0, 0.1) is 0 Å². The predicted molar refractivity (Wildman–Crippen MR) is 101 cm³/mol. The molecule has 0 radical (unpaired) electrons. The second kappa shape index (κ2) is 7.13. The summed E-state index contributed by atoms with van der Waals surface area (Å²) in [6.07, 6.45) is 1.64. The van der Waals surface area contributed by atoms with Gasteiger partial charge in [0.2, 0.25) is 0 Å². The molecular formula is C19H18N2O4S. The van der Waals surface area contributed by atoms with Gasteiger partial charge in [0.05, 0.1) is 5.56 Å². The number of carboxylic acids is 1. The minimum Gasteiger partial charge on any atom is -0.478 e. The highest BCUT2D eigenvalue weighted by atomic mass is 32.1. The highest BCUT2D eigenvalue weighted by Gasteiger charge is 2.36. The maximum absolute atomic E-state index is 12.5. The molecule has 1 fully saturated rings. The number of carbonyl (C=O) groups is 2. The molecule has 1 N–H and O–H groups in total. The number of carbonyl (C=O) groups excluding carboxylic acids is 1. The van der Waals surface area contributed by atoms with Crippen LogP contribution in [-0.2, 0) is 4.79 Å². The highest BCUT2D eigenvalue weighted by Crippen LogP contribution is 2.29. The summed E-state index contributed by atoms with van der Waals surface area (Å²) in [6, 6.07) is 10.0. The molecule has 0 saturated carbocycles. The van der Waals surface area contributed by atoms with Crippen LogP contribution in [0.25, 0.3) is 17.4 Å². The lowest BCUT2D eigenvalue weighted by atomic mass is 10.1. The summed E-state index contributed by atoms with van der Waals surface area (Å²) in [4.78, 5) is 27.2. The molecule has 0 atom stereocenters. The maximum Gasteiger partial charge on any atom is 0.336 e. The van der Waals surface area contributed by atoms with E-state index in [1.807, 2.05) is 13.8 Å². The monoisotopic (exact) mass is 370 g/mol. The van der Waals surface area contributed by atoms with E-state index < -0.39 is 5.97 Å². The fourth-order valence-electron chi connectivity index (χ4n) is 2.91. The Morgan fingerprint density at radius 3 is 2.50 bits per heavy atom. The van der Waals surface area contributed by atoms with E-state index in [-0.39, 0.29) is 11.5 Å². The van der Waals surface area contributed by atoms with Crippen LogP contribution in [0.5, 0.6) is 0 Å². The van der Waals surface area contributed by atoms with E-state index in [4.69, 9.17) is 16.6 Å². The van der Waals surface area contributed by atoms with Gasteiger partial charge in [0.25, 0.3) is 5.91 Å². The molecule has 0 unspecified atom stereocenters. The summed E-state index contributed by atoms with van der Waals surface area (Å²) in [7, 11) is 0. The van der Waals surface area contributed by atoms with Crippen LogP contribution in [-0.4, -0.2) is 45.0 Å². The first kappa shape index (κ1) is 17.9. The van der Waals surface area contributed by atoms with Crippen LogP contribution in [0.1, 0.15) is 30.0 Å². The largest absolute Gasteiger partial charge is 0.478 e. The summed E-state index contributed by atoms with van der Waals surface area (Å²) in [5.74, 6) is -0.298. The summed E-state index contributed by atoms with van der Waals surface area (Å²) < 4.78 is 5.79. The van der Waals surface area contributed by atoms with Gasteiger partial charge in [-0.15, -0.1) is 0 Å². The molecule has 1 aromatic carbocycles. The van der Waals surface area contributed by atoms with Gasteiger partial charge in [0, 0.05) is 24.7 Å². The molecule has 0 bridgehead atoms. The van der Waals surface area contributed by atoms with Crippen molar-refractivity contribution in [2.75, 3.05) is 13.1 Å². The van der Waals surface area contributed by atoms with Gasteiger partial charge >= 0.3 is 5.97 Å². The third-order valence-electron chi connectivity index (χ3n) is 4.18. The Morgan fingerprint density at radius 1 is 1.15 bits per heavy atom. The Labute approximate surface area is 156 Å². The Bertz CT molecular complexity index is 916. The summed E-state index contributed by atoms with van der Waals surface area (Å²) in [5, 5.41) is 9.81. The van der Waals surface area contributed by atoms with Crippen molar-refractivity contribution in [1.29, 1.82) is 0 Å². The molecule has 1 saturated heterocycles. The first-order chi connectivity index (χ1) is 12.5. The average molecular weight is 370 g/mol.